The monoisotopic (exact) mass is 130 g/mol. The molecule has 0 aromatic heterocycles. The molecule has 0 aliphatic carbocycles. The van der Waals surface area contributed by atoms with E-state index >= 15 is 0 Å². The van der Waals surface area contributed by atoms with Crippen LogP contribution in [0.25, 0.3) is 0 Å². The van der Waals surface area contributed by atoms with Crippen molar-refractivity contribution in [1.29, 1.82) is 0 Å². The lowest BCUT2D eigenvalue weighted by Gasteiger charge is -2.03. The van der Waals surface area contributed by atoms with Gasteiger partial charge in [0.1, 0.15) is 0 Å². The summed E-state index contributed by atoms with van der Waals surface area (Å²) in [5.74, 6) is 0. The fourth-order valence-electron chi connectivity index (χ4n) is 0.589. The molecule has 0 aliphatic heterocycles. The van der Waals surface area contributed by atoms with Crippen LogP contribution in [-0.2, 0) is 0 Å². The van der Waals surface area contributed by atoms with Crippen molar-refractivity contribution in [2.75, 3.05) is 6.61 Å². The van der Waals surface area contributed by atoms with E-state index in [4.69, 9.17) is 10.2 Å². The summed E-state index contributed by atoms with van der Waals surface area (Å²) in [6, 6.07) is 0. The molecule has 54 valence electrons. The van der Waals surface area contributed by atoms with Crippen LogP contribution in [-0.4, -0.2) is 22.9 Å². The van der Waals surface area contributed by atoms with Crippen molar-refractivity contribution in [3.05, 3.63) is 12.7 Å². The van der Waals surface area contributed by atoms with E-state index in [0.717, 1.165) is 12.8 Å². The molecule has 0 aromatic carbocycles. The molecule has 9 heavy (non-hydrogen) atoms. The number of hydrogen-bond acceptors (Lipinski definition) is 2. The maximum atomic E-state index is 8.80. The Bertz CT molecular complexity index is 71.3. The van der Waals surface area contributed by atoms with Crippen molar-refractivity contribution < 1.29 is 10.2 Å². The van der Waals surface area contributed by atoms with Crippen molar-refractivity contribution in [1.82, 2.24) is 0 Å². The Labute approximate surface area is 55.8 Å². The summed E-state index contributed by atoms with van der Waals surface area (Å²) in [4.78, 5) is 0. The molecular weight excluding hydrogens is 116 g/mol. The molecule has 0 rings (SSSR count). The third kappa shape index (κ3) is 5.53. The van der Waals surface area contributed by atoms with E-state index in [2.05, 4.69) is 6.58 Å². The molecule has 0 saturated carbocycles. The quantitative estimate of drug-likeness (QED) is 0.424. The van der Waals surface area contributed by atoms with E-state index in [1.54, 1.807) is 0 Å². The second-order valence-corrected chi connectivity index (χ2v) is 2.06. The summed E-state index contributed by atoms with van der Waals surface area (Å²) in [5, 5.41) is 17.2. The highest BCUT2D eigenvalue weighted by Gasteiger charge is 1.98. The second kappa shape index (κ2) is 5.79. The van der Waals surface area contributed by atoms with Gasteiger partial charge in [-0.2, -0.15) is 0 Å². The lowest BCUT2D eigenvalue weighted by Crippen LogP contribution is -2.10. The van der Waals surface area contributed by atoms with Crippen LogP contribution in [0.5, 0.6) is 0 Å². The first-order valence-corrected chi connectivity index (χ1v) is 3.21. The number of hydrogen-bond donors (Lipinski definition) is 2. The number of unbranched alkanes of at least 4 members (excludes halogenated alkanes) is 1. The molecule has 0 heterocycles. The first-order chi connectivity index (χ1) is 4.31. The molecule has 0 spiro atoms. The highest BCUT2D eigenvalue weighted by molar-refractivity contribution is 4.66. The molecule has 0 bridgehead atoms. The standard InChI is InChI=1S/C7H14O2/c1-2-3-4-5-7(9)6-8/h2,7-9H,1,3-6H2/t7-/m1/s1. The lowest BCUT2D eigenvalue weighted by molar-refractivity contribution is 0.0869. The first-order valence-electron chi connectivity index (χ1n) is 3.21. The van der Waals surface area contributed by atoms with Crippen molar-refractivity contribution in [2.45, 2.75) is 25.4 Å². The normalized spacial score (nSPS) is 13.1. The zero-order valence-corrected chi connectivity index (χ0v) is 5.58. The third-order valence-corrected chi connectivity index (χ3v) is 1.16. The van der Waals surface area contributed by atoms with Gasteiger partial charge in [0.05, 0.1) is 12.7 Å². The molecule has 2 N–H and O–H groups in total. The van der Waals surface area contributed by atoms with Gasteiger partial charge in [-0.1, -0.05) is 6.08 Å². The van der Waals surface area contributed by atoms with E-state index < -0.39 is 6.10 Å². The van der Waals surface area contributed by atoms with Crippen LogP contribution in [0.4, 0.5) is 0 Å². The molecule has 2 heteroatoms. The number of aliphatic hydroxyl groups excluding tert-OH is 2. The SMILES string of the molecule is C=CCCC[C@@H](O)CO. The van der Waals surface area contributed by atoms with Crippen LogP contribution in [0.1, 0.15) is 19.3 Å². The largest absolute Gasteiger partial charge is 0.394 e. The maximum Gasteiger partial charge on any atom is 0.0771 e. The summed E-state index contributed by atoms with van der Waals surface area (Å²) >= 11 is 0. The van der Waals surface area contributed by atoms with Crippen LogP contribution in [0.15, 0.2) is 12.7 Å². The average Bonchev–Trinajstić information content (AvgIpc) is 1.89. The van der Waals surface area contributed by atoms with Crippen molar-refractivity contribution in [2.24, 2.45) is 0 Å². The van der Waals surface area contributed by atoms with Gasteiger partial charge in [0.25, 0.3) is 0 Å². The molecule has 0 amide bonds. The number of allylic oxidation sites excluding steroid dienone is 1. The summed E-state index contributed by atoms with van der Waals surface area (Å²) in [7, 11) is 0. The molecule has 0 fully saturated rings. The maximum absolute atomic E-state index is 8.80. The fraction of sp³-hybridized carbons (Fsp3) is 0.714. The highest BCUT2D eigenvalue weighted by atomic mass is 16.3. The zero-order valence-electron chi connectivity index (χ0n) is 5.58. The Hall–Kier alpha value is -0.340. The molecular formula is C7H14O2. The summed E-state index contributed by atoms with van der Waals surface area (Å²) in [6.45, 7) is 3.41. The average molecular weight is 130 g/mol. The predicted molar refractivity (Wildman–Crippen MR) is 37.1 cm³/mol. The molecule has 2 nitrogen and oxygen atoms in total. The number of rotatable bonds is 5. The van der Waals surface area contributed by atoms with Gasteiger partial charge >= 0.3 is 0 Å². The minimum atomic E-state index is -0.537. The highest BCUT2D eigenvalue weighted by Crippen LogP contribution is 1.99. The van der Waals surface area contributed by atoms with Gasteiger partial charge < -0.3 is 10.2 Å². The zero-order chi connectivity index (χ0) is 7.11. The Morgan fingerprint density at radius 3 is 2.67 bits per heavy atom. The Kier molecular flexibility index (Phi) is 5.57. The molecule has 0 aromatic rings. The second-order valence-electron chi connectivity index (χ2n) is 2.06. The van der Waals surface area contributed by atoms with Crippen LogP contribution < -0.4 is 0 Å². The van der Waals surface area contributed by atoms with E-state index in [-0.39, 0.29) is 6.61 Å². The summed E-state index contributed by atoms with van der Waals surface area (Å²) in [6.07, 6.45) is 3.76. The van der Waals surface area contributed by atoms with Gasteiger partial charge in [0.2, 0.25) is 0 Å². The lowest BCUT2D eigenvalue weighted by atomic mass is 10.2. The van der Waals surface area contributed by atoms with E-state index in [1.807, 2.05) is 6.08 Å². The molecule has 1 atom stereocenters. The van der Waals surface area contributed by atoms with Gasteiger partial charge in [-0.3, -0.25) is 0 Å². The molecule has 0 saturated heterocycles. The minimum absolute atomic E-state index is 0.128. The van der Waals surface area contributed by atoms with Crippen molar-refractivity contribution >= 4 is 0 Å². The predicted octanol–water partition coefficient (Wildman–Crippen LogP) is 0.696. The van der Waals surface area contributed by atoms with Gasteiger partial charge in [-0.25, -0.2) is 0 Å². The topological polar surface area (TPSA) is 40.5 Å². The van der Waals surface area contributed by atoms with Gasteiger partial charge in [-0.05, 0) is 19.3 Å². The van der Waals surface area contributed by atoms with Crippen molar-refractivity contribution in [3.8, 4) is 0 Å². The number of aliphatic hydroxyl groups is 2. The van der Waals surface area contributed by atoms with Crippen LogP contribution in [0.3, 0.4) is 0 Å². The smallest absolute Gasteiger partial charge is 0.0771 e. The van der Waals surface area contributed by atoms with E-state index in [1.165, 1.54) is 0 Å². The molecule has 0 aliphatic rings. The van der Waals surface area contributed by atoms with Crippen LogP contribution in [0, 0.1) is 0 Å². The van der Waals surface area contributed by atoms with Crippen LogP contribution in [0.2, 0.25) is 0 Å². The Morgan fingerprint density at radius 1 is 1.56 bits per heavy atom. The van der Waals surface area contributed by atoms with E-state index in [9.17, 15) is 0 Å². The summed E-state index contributed by atoms with van der Waals surface area (Å²) < 4.78 is 0. The Balaban J connectivity index is 2.96. The summed E-state index contributed by atoms with van der Waals surface area (Å²) in [5.41, 5.74) is 0. The van der Waals surface area contributed by atoms with Crippen LogP contribution >= 0.6 is 0 Å². The van der Waals surface area contributed by atoms with Crippen molar-refractivity contribution in [3.63, 3.8) is 0 Å². The molecule has 0 unspecified atom stereocenters. The fourth-order valence-corrected chi connectivity index (χ4v) is 0.589. The van der Waals surface area contributed by atoms with Gasteiger partial charge in [0.15, 0.2) is 0 Å². The van der Waals surface area contributed by atoms with E-state index in [0.29, 0.717) is 6.42 Å². The third-order valence-electron chi connectivity index (χ3n) is 1.16. The minimum Gasteiger partial charge on any atom is -0.394 e. The van der Waals surface area contributed by atoms with Gasteiger partial charge in [-0.15, -0.1) is 6.58 Å². The molecule has 0 radical (unpaired) electrons. The first kappa shape index (κ1) is 8.66. The Morgan fingerprint density at radius 2 is 2.22 bits per heavy atom. The van der Waals surface area contributed by atoms with Gasteiger partial charge in [0, 0.05) is 0 Å².